The molecule has 4 nitrogen and oxygen atoms in total. The van der Waals surface area contributed by atoms with Gasteiger partial charge in [-0.2, -0.15) is 9.61 Å². The molecule has 0 fully saturated rings. The maximum Gasteiger partial charge on any atom is 0.283 e. The van der Waals surface area contributed by atoms with Crippen molar-refractivity contribution in [3.8, 4) is 11.1 Å². The minimum absolute atomic E-state index is 0.243. The first kappa shape index (κ1) is 10.4. The largest absolute Gasteiger partial charge is 0.283 e. The van der Waals surface area contributed by atoms with E-state index in [-0.39, 0.29) is 5.56 Å². The van der Waals surface area contributed by atoms with Crippen LogP contribution in [-0.2, 0) is 0 Å². The normalized spacial score (nSPS) is 10.9. The Kier molecular flexibility index (Phi) is 2.42. The average molecular weight is 264 g/mol. The van der Waals surface area contributed by atoms with E-state index in [9.17, 15) is 4.79 Å². The molecule has 0 aliphatic rings. The van der Waals surface area contributed by atoms with Gasteiger partial charge in [0.15, 0.2) is 0 Å². The van der Waals surface area contributed by atoms with Crippen molar-refractivity contribution in [2.45, 2.75) is 0 Å². The number of benzene rings is 1. The fourth-order valence-electron chi connectivity index (χ4n) is 1.60. The lowest BCUT2D eigenvalue weighted by molar-refractivity contribution is 0.931. The Bertz CT molecular complexity index is 735. The predicted molar refractivity (Wildman–Crippen MR) is 67.6 cm³/mol. The molecule has 0 aliphatic heterocycles. The average Bonchev–Trinajstić information content (AvgIpc) is 2.78. The Morgan fingerprint density at radius 1 is 1.24 bits per heavy atom. The number of rotatable bonds is 1. The third-order valence-corrected chi connectivity index (χ3v) is 3.63. The van der Waals surface area contributed by atoms with Crippen molar-refractivity contribution in [1.29, 1.82) is 0 Å². The summed E-state index contributed by atoms with van der Waals surface area (Å²) in [6, 6.07) is 9.30. The second kappa shape index (κ2) is 3.94. The Hall–Kier alpha value is -1.72. The lowest BCUT2D eigenvalue weighted by atomic mass is 10.1. The highest BCUT2D eigenvalue weighted by atomic mass is 35.5. The van der Waals surface area contributed by atoms with Crippen molar-refractivity contribution in [3.63, 3.8) is 0 Å². The fraction of sp³-hybridized carbons (Fsp3) is 0. The van der Waals surface area contributed by atoms with E-state index in [2.05, 4.69) is 10.1 Å². The van der Waals surface area contributed by atoms with E-state index in [4.69, 9.17) is 11.6 Å². The molecular formula is C11H6ClN3OS. The molecule has 0 aliphatic carbocycles. The summed E-state index contributed by atoms with van der Waals surface area (Å²) in [7, 11) is 0. The van der Waals surface area contributed by atoms with Crippen LogP contribution in [0.4, 0.5) is 0 Å². The van der Waals surface area contributed by atoms with Gasteiger partial charge in [-0.3, -0.25) is 4.79 Å². The van der Waals surface area contributed by atoms with Crippen LogP contribution < -0.4 is 5.56 Å². The molecule has 0 amide bonds. The third kappa shape index (κ3) is 1.64. The first-order valence-corrected chi connectivity index (χ1v) is 6.04. The highest BCUT2D eigenvalue weighted by Gasteiger charge is 2.13. The molecule has 17 heavy (non-hydrogen) atoms. The zero-order valence-corrected chi connectivity index (χ0v) is 10.1. The summed E-state index contributed by atoms with van der Waals surface area (Å²) in [5.74, 6) is 0. The standard InChI is InChI=1S/C11H6ClN3OS/c12-9-8(7-4-2-1-3-5-7)10(16)15-11(17-9)13-6-14-15/h1-6H. The molecule has 0 spiro atoms. The molecule has 2 heterocycles. The van der Waals surface area contributed by atoms with Crippen LogP contribution in [0, 0.1) is 0 Å². The van der Waals surface area contributed by atoms with Gasteiger partial charge in [-0.05, 0) is 5.56 Å². The topological polar surface area (TPSA) is 47.3 Å². The van der Waals surface area contributed by atoms with E-state index >= 15 is 0 Å². The van der Waals surface area contributed by atoms with Gasteiger partial charge < -0.3 is 0 Å². The van der Waals surface area contributed by atoms with E-state index in [1.54, 1.807) is 0 Å². The maximum atomic E-state index is 12.2. The summed E-state index contributed by atoms with van der Waals surface area (Å²) in [5.41, 5.74) is 1.01. The smallest absolute Gasteiger partial charge is 0.267 e. The third-order valence-electron chi connectivity index (χ3n) is 2.36. The molecule has 0 saturated carbocycles. The highest BCUT2D eigenvalue weighted by Crippen LogP contribution is 2.28. The molecule has 1 aromatic carbocycles. The van der Waals surface area contributed by atoms with Gasteiger partial charge in [-0.1, -0.05) is 53.3 Å². The van der Waals surface area contributed by atoms with Gasteiger partial charge >= 0.3 is 0 Å². The zero-order chi connectivity index (χ0) is 11.8. The van der Waals surface area contributed by atoms with Gasteiger partial charge in [0.2, 0.25) is 4.96 Å². The van der Waals surface area contributed by atoms with Crippen LogP contribution in [0.5, 0.6) is 0 Å². The van der Waals surface area contributed by atoms with Gasteiger partial charge in [-0.15, -0.1) is 0 Å². The summed E-state index contributed by atoms with van der Waals surface area (Å²) >= 11 is 7.38. The first-order valence-electron chi connectivity index (χ1n) is 4.85. The second-order valence-electron chi connectivity index (χ2n) is 3.38. The van der Waals surface area contributed by atoms with Crippen molar-refractivity contribution in [2.75, 3.05) is 0 Å². The van der Waals surface area contributed by atoms with Crippen LogP contribution in [-0.4, -0.2) is 14.6 Å². The van der Waals surface area contributed by atoms with Crippen LogP contribution in [0.25, 0.3) is 16.1 Å². The van der Waals surface area contributed by atoms with Gasteiger partial charge in [0, 0.05) is 0 Å². The summed E-state index contributed by atoms with van der Waals surface area (Å²) in [5, 5.41) is 3.89. The molecular weight excluding hydrogens is 258 g/mol. The first-order chi connectivity index (χ1) is 8.27. The van der Waals surface area contributed by atoms with Gasteiger partial charge in [-0.25, -0.2) is 4.98 Å². The number of hydrogen-bond donors (Lipinski definition) is 0. The highest BCUT2D eigenvalue weighted by molar-refractivity contribution is 7.20. The van der Waals surface area contributed by atoms with Gasteiger partial charge in [0.25, 0.3) is 5.56 Å². The molecule has 84 valence electrons. The van der Waals surface area contributed by atoms with Gasteiger partial charge in [0.1, 0.15) is 10.7 Å². The zero-order valence-electron chi connectivity index (χ0n) is 8.50. The summed E-state index contributed by atoms with van der Waals surface area (Å²) < 4.78 is 1.69. The Morgan fingerprint density at radius 2 is 2.00 bits per heavy atom. The summed E-state index contributed by atoms with van der Waals surface area (Å²) in [6.45, 7) is 0. The number of halogens is 1. The molecule has 0 N–H and O–H groups in total. The molecule has 3 rings (SSSR count). The van der Waals surface area contributed by atoms with E-state index in [0.29, 0.717) is 14.9 Å². The summed E-state index contributed by atoms with van der Waals surface area (Å²) in [4.78, 5) is 16.7. The van der Waals surface area contributed by atoms with Crippen LogP contribution in [0.15, 0.2) is 41.5 Å². The number of fused-ring (bicyclic) bond motifs is 1. The lowest BCUT2D eigenvalue weighted by Crippen LogP contribution is -2.15. The minimum atomic E-state index is -0.243. The van der Waals surface area contributed by atoms with Crippen LogP contribution in [0.1, 0.15) is 0 Å². The molecule has 2 aromatic heterocycles. The monoisotopic (exact) mass is 263 g/mol. The fourth-order valence-corrected chi connectivity index (χ4v) is 2.78. The summed E-state index contributed by atoms with van der Waals surface area (Å²) in [6.07, 6.45) is 1.35. The maximum absolute atomic E-state index is 12.2. The van der Waals surface area contributed by atoms with Crippen LogP contribution in [0.3, 0.4) is 0 Å². The van der Waals surface area contributed by atoms with E-state index < -0.39 is 0 Å². The molecule has 0 unspecified atom stereocenters. The molecule has 0 bridgehead atoms. The van der Waals surface area contributed by atoms with Crippen molar-refractivity contribution in [2.24, 2.45) is 0 Å². The predicted octanol–water partition coefficient (Wildman–Crippen LogP) is 2.47. The van der Waals surface area contributed by atoms with Crippen molar-refractivity contribution >= 4 is 27.9 Å². The second-order valence-corrected chi connectivity index (χ2v) is 4.96. The molecule has 3 aromatic rings. The van der Waals surface area contributed by atoms with E-state index in [1.165, 1.54) is 22.2 Å². The van der Waals surface area contributed by atoms with Crippen molar-refractivity contribution < 1.29 is 0 Å². The van der Waals surface area contributed by atoms with E-state index in [1.807, 2.05) is 30.3 Å². The Labute approximate surface area is 105 Å². The Balaban J connectivity index is 2.40. The minimum Gasteiger partial charge on any atom is -0.267 e. The Morgan fingerprint density at radius 3 is 2.76 bits per heavy atom. The molecule has 0 saturated heterocycles. The van der Waals surface area contributed by atoms with Crippen molar-refractivity contribution in [3.05, 3.63) is 51.3 Å². The van der Waals surface area contributed by atoms with Crippen LogP contribution in [0.2, 0.25) is 4.34 Å². The number of aromatic nitrogens is 3. The molecule has 0 atom stereocenters. The number of nitrogens with zero attached hydrogens (tertiary/aromatic N) is 3. The lowest BCUT2D eigenvalue weighted by Gasteiger charge is -2.02. The van der Waals surface area contributed by atoms with Crippen LogP contribution >= 0.6 is 22.9 Å². The quantitative estimate of drug-likeness (QED) is 0.678. The molecule has 6 heteroatoms. The molecule has 0 radical (unpaired) electrons. The van der Waals surface area contributed by atoms with Gasteiger partial charge in [0.05, 0.1) is 5.56 Å². The van der Waals surface area contributed by atoms with Crippen molar-refractivity contribution in [1.82, 2.24) is 14.6 Å². The number of hydrogen-bond acceptors (Lipinski definition) is 4. The van der Waals surface area contributed by atoms with E-state index in [0.717, 1.165) is 5.56 Å². The SMILES string of the molecule is O=c1c(-c2ccccc2)c(Cl)sc2ncnn12.